The topological polar surface area (TPSA) is 56.5 Å². The summed E-state index contributed by atoms with van der Waals surface area (Å²) in [7, 11) is 0. The van der Waals surface area contributed by atoms with Crippen molar-refractivity contribution < 1.29 is 9.57 Å². The van der Waals surface area contributed by atoms with Crippen molar-refractivity contribution in [1.82, 2.24) is 5.32 Å². The summed E-state index contributed by atoms with van der Waals surface area (Å²) < 4.78 is 5.24. The maximum Gasteiger partial charge on any atom is 0.0880 e. The maximum absolute atomic E-state index is 5.24. The quantitative estimate of drug-likeness (QED) is 0.503. The maximum atomic E-state index is 5.24. The van der Waals surface area contributed by atoms with Crippen LogP contribution in [0.5, 0.6) is 0 Å². The lowest BCUT2D eigenvalue weighted by Crippen LogP contribution is -2.55. The molecule has 0 aromatic rings. The standard InChI is InChI=1S/C6H14N2O2/c1-6(5-10-7)4-9-3-2-8-6/h8H,2-5,7H2,1H3. The zero-order chi connectivity index (χ0) is 7.45. The molecule has 4 heteroatoms. The van der Waals surface area contributed by atoms with Gasteiger partial charge in [-0.3, -0.25) is 0 Å². The van der Waals surface area contributed by atoms with E-state index in [1.165, 1.54) is 0 Å². The highest BCUT2D eigenvalue weighted by Gasteiger charge is 2.26. The van der Waals surface area contributed by atoms with E-state index in [1.54, 1.807) is 0 Å². The average molecular weight is 146 g/mol. The molecule has 1 rings (SSSR count). The van der Waals surface area contributed by atoms with E-state index in [0.29, 0.717) is 13.2 Å². The third kappa shape index (κ3) is 1.91. The predicted octanol–water partition coefficient (Wildman–Crippen LogP) is -0.745. The van der Waals surface area contributed by atoms with Crippen LogP contribution in [-0.4, -0.2) is 31.9 Å². The minimum absolute atomic E-state index is 0.0903. The van der Waals surface area contributed by atoms with E-state index in [0.717, 1.165) is 13.2 Å². The van der Waals surface area contributed by atoms with Crippen LogP contribution in [0.1, 0.15) is 6.92 Å². The fourth-order valence-corrected chi connectivity index (χ4v) is 1.05. The molecule has 1 saturated heterocycles. The van der Waals surface area contributed by atoms with Crippen molar-refractivity contribution in [2.75, 3.05) is 26.4 Å². The molecule has 0 aromatic carbocycles. The van der Waals surface area contributed by atoms with Crippen LogP contribution >= 0.6 is 0 Å². The van der Waals surface area contributed by atoms with Gasteiger partial charge in [0.05, 0.1) is 25.4 Å². The van der Waals surface area contributed by atoms with E-state index in [9.17, 15) is 0 Å². The predicted molar refractivity (Wildman–Crippen MR) is 37.4 cm³/mol. The molecule has 0 amide bonds. The molecule has 1 aliphatic heterocycles. The summed E-state index contributed by atoms with van der Waals surface area (Å²) in [5.74, 6) is 4.95. The average Bonchev–Trinajstić information content (AvgIpc) is 1.89. The molecule has 1 fully saturated rings. The monoisotopic (exact) mass is 146 g/mol. The van der Waals surface area contributed by atoms with E-state index >= 15 is 0 Å². The van der Waals surface area contributed by atoms with Crippen molar-refractivity contribution in [3.63, 3.8) is 0 Å². The summed E-state index contributed by atoms with van der Waals surface area (Å²) in [6, 6.07) is 0. The number of nitrogens with two attached hydrogens (primary N) is 1. The molecule has 0 aromatic heterocycles. The highest BCUT2D eigenvalue weighted by Crippen LogP contribution is 2.07. The van der Waals surface area contributed by atoms with E-state index < -0.39 is 0 Å². The minimum Gasteiger partial charge on any atom is -0.378 e. The molecule has 3 N–H and O–H groups in total. The summed E-state index contributed by atoms with van der Waals surface area (Å²) in [6.07, 6.45) is 0. The molecule has 1 heterocycles. The molecular weight excluding hydrogens is 132 g/mol. The molecule has 60 valence electrons. The highest BCUT2D eigenvalue weighted by atomic mass is 16.6. The lowest BCUT2D eigenvalue weighted by Gasteiger charge is -2.33. The Labute approximate surface area is 60.6 Å². The molecular formula is C6H14N2O2. The second-order valence-corrected chi connectivity index (χ2v) is 2.85. The van der Waals surface area contributed by atoms with Crippen LogP contribution in [0.15, 0.2) is 0 Å². The first-order valence-corrected chi connectivity index (χ1v) is 3.41. The van der Waals surface area contributed by atoms with Crippen molar-refractivity contribution >= 4 is 0 Å². The number of morpholine rings is 1. The number of hydrogen-bond donors (Lipinski definition) is 2. The van der Waals surface area contributed by atoms with E-state index in [2.05, 4.69) is 10.2 Å². The lowest BCUT2D eigenvalue weighted by atomic mass is 10.0. The van der Waals surface area contributed by atoms with Gasteiger partial charge in [-0.15, -0.1) is 0 Å². The molecule has 0 spiro atoms. The van der Waals surface area contributed by atoms with Gasteiger partial charge in [0, 0.05) is 6.54 Å². The number of ether oxygens (including phenoxy) is 1. The van der Waals surface area contributed by atoms with Gasteiger partial charge < -0.3 is 14.9 Å². The van der Waals surface area contributed by atoms with Crippen LogP contribution in [0.3, 0.4) is 0 Å². The van der Waals surface area contributed by atoms with Gasteiger partial charge in [-0.05, 0) is 6.92 Å². The Hall–Kier alpha value is -0.160. The Morgan fingerprint density at radius 2 is 2.60 bits per heavy atom. The van der Waals surface area contributed by atoms with Crippen molar-refractivity contribution in [3.8, 4) is 0 Å². The number of rotatable bonds is 2. The van der Waals surface area contributed by atoms with Crippen LogP contribution in [0.4, 0.5) is 0 Å². The highest BCUT2D eigenvalue weighted by molar-refractivity contribution is 4.84. The van der Waals surface area contributed by atoms with Crippen LogP contribution in [0.2, 0.25) is 0 Å². The molecule has 4 nitrogen and oxygen atoms in total. The first kappa shape index (κ1) is 7.94. The molecule has 1 atom stereocenters. The Balaban J connectivity index is 2.32. The molecule has 0 radical (unpaired) electrons. The van der Waals surface area contributed by atoms with Crippen LogP contribution in [0, 0.1) is 0 Å². The molecule has 0 saturated carbocycles. The second-order valence-electron chi connectivity index (χ2n) is 2.85. The van der Waals surface area contributed by atoms with Gasteiger partial charge in [-0.2, -0.15) is 0 Å². The number of nitrogens with one attached hydrogen (secondary N) is 1. The van der Waals surface area contributed by atoms with Gasteiger partial charge >= 0.3 is 0 Å². The van der Waals surface area contributed by atoms with Gasteiger partial charge in [0.1, 0.15) is 0 Å². The summed E-state index contributed by atoms with van der Waals surface area (Å²) in [5, 5.41) is 3.27. The van der Waals surface area contributed by atoms with Crippen LogP contribution < -0.4 is 11.2 Å². The van der Waals surface area contributed by atoms with Crippen molar-refractivity contribution in [1.29, 1.82) is 0 Å². The zero-order valence-electron chi connectivity index (χ0n) is 6.22. The van der Waals surface area contributed by atoms with Gasteiger partial charge in [-0.25, -0.2) is 5.90 Å². The molecule has 0 bridgehead atoms. The second kappa shape index (κ2) is 3.30. The third-order valence-electron chi connectivity index (χ3n) is 1.62. The van der Waals surface area contributed by atoms with Gasteiger partial charge in [0.2, 0.25) is 0 Å². The fourth-order valence-electron chi connectivity index (χ4n) is 1.05. The Bertz CT molecular complexity index is 96.4. The summed E-state index contributed by atoms with van der Waals surface area (Å²) in [6.45, 7) is 4.84. The SMILES string of the molecule is CC1(CON)COCCN1. The minimum atomic E-state index is -0.0903. The smallest absolute Gasteiger partial charge is 0.0880 e. The van der Waals surface area contributed by atoms with Crippen molar-refractivity contribution in [3.05, 3.63) is 0 Å². The summed E-state index contributed by atoms with van der Waals surface area (Å²) >= 11 is 0. The van der Waals surface area contributed by atoms with Gasteiger partial charge in [-0.1, -0.05) is 0 Å². The van der Waals surface area contributed by atoms with Crippen molar-refractivity contribution in [2.24, 2.45) is 5.90 Å². The molecule has 0 aliphatic carbocycles. The Morgan fingerprint density at radius 1 is 1.80 bits per heavy atom. The Kier molecular flexibility index (Phi) is 2.62. The summed E-state index contributed by atoms with van der Waals surface area (Å²) in [4.78, 5) is 4.54. The third-order valence-corrected chi connectivity index (χ3v) is 1.62. The van der Waals surface area contributed by atoms with Crippen LogP contribution in [-0.2, 0) is 9.57 Å². The zero-order valence-corrected chi connectivity index (χ0v) is 6.22. The lowest BCUT2D eigenvalue weighted by molar-refractivity contribution is -0.0159. The van der Waals surface area contributed by atoms with E-state index in [-0.39, 0.29) is 5.54 Å². The largest absolute Gasteiger partial charge is 0.378 e. The van der Waals surface area contributed by atoms with Gasteiger partial charge in [0.25, 0.3) is 0 Å². The molecule has 1 unspecified atom stereocenters. The summed E-state index contributed by atoms with van der Waals surface area (Å²) in [5.41, 5.74) is -0.0903. The Morgan fingerprint density at radius 3 is 3.10 bits per heavy atom. The van der Waals surface area contributed by atoms with Crippen LogP contribution in [0.25, 0.3) is 0 Å². The van der Waals surface area contributed by atoms with Gasteiger partial charge in [0.15, 0.2) is 0 Å². The molecule has 10 heavy (non-hydrogen) atoms. The normalized spacial score (nSPS) is 34.2. The van der Waals surface area contributed by atoms with Crippen molar-refractivity contribution in [2.45, 2.75) is 12.5 Å². The first-order chi connectivity index (χ1) is 4.77. The first-order valence-electron chi connectivity index (χ1n) is 3.41. The molecule has 1 aliphatic rings. The fraction of sp³-hybridized carbons (Fsp3) is 1.00. The number of hydrogen-bond acceptors (Lipinski definition) is 4. The van der Waals surface area contributed by atoms with E-state index in [4.69, 9.17) is 10.6 Å². The van der Waals surface area contributed by atoms with E-state index in [1.807, 2.05) is 6.92 Å².